The molecule has 1 aromatic heterocycles. The molecule has 0 unspecified atom stereocenters. The average molecular weight is 537 g/mol. The maximum Gasteiger partial charge on any atom is 0.205 e. The maximum atomic E-state index is 13.5. The zero-order valence-electron chi connectivity index (χ0n) is 22.1. The highest BCUT2D eigenvalue weighted by Crippen LogP contribution is 2.47. The molecule has 3 aromatic carbocycles. The van der Waals surface area contributed by atoms with E-state index in [1.165, 1.54) is 34.7 Å². The average Bonchev–Trinajstić information content (AvgIpc) is 2.99. The fraction of sp³-hybridized carbons (Fsp3) is 0.276. The predicted octanol–water partition coefficient (Wildman–Crippen LogP) is 4.38. The van der Waals surface area contributed by atoms with Crippen LogP contribution in [0.3, 0.4) is 0 Å². The van der Waals surface area contributed by atoms with Crippen LogP contribution in [0.2, 0.25) is 0 Å². The van der Waals surface area contributed by atoms with Crippen molar-refractivity contribution in [2.75, 3.05) is 42.2 Å². The molecule has 0 amide bonds. The normalized spacial score (nSPS) is 16.1. The number of fused-ring (bicyclic) bond motifs is 3. The number of aliphatic hydroxyl groups excluding tert-OH is 1. The molecular formula is C29H28O10. The first-order chi connectivity index (χ1) is 19.0. The Balaban J connectivity index is 1.57. The van der Waals surface area contributed by atoms with Gasteiger partial charge in [0.1, 0.15) is 6.26 Å². The molecule has 2 heterocycles. The van der Waals surface area contributed by atoms with Gasteiger partial charge in [-0.25, -0.2) is 0 Å². The zero-order valence-corrected chi connectivity index (χ0v) is 22.1. The Labute approximate surface area is 224 Å². The molecule has 0 saturated carbocycles. The van der Waals surface area contributed by atoms with Crippen molar-refractivity contribution in [2.45, 2.75) is 12.2 Å². The fourth-order valence-electron chi connectivity index (χ4n) is 4.67. The van der Waals surface area contributed by atoms with Gasteiger partial charge >= 0.3 is 0 Å². The number of hydrogen-bond acceptors (Lipinski definition) is 10. The van der Waals surface area contributed by atoms with Crippen molar-refractivity contribution >= 4 is 11.0 Å². The Bertz CT molecular complexity index is 1550. The fourth-order valence-corrected chi connectivity index (χ4v) is 4.67. The summed E-state index contributed by atoms with van der Waals surface area (Å²) in [5.41, 5.74) is 1.54. The number of aliphatic hydroxyl groups is 1. The Morgan fingerprint density at radius 3 is 2.10 bits per heavy atom. The van der Waals surface area contributed by atoms with E-state index >= 15 is 0 Å². The minimum absolute atomic E-state index is 0.212. The van der Waals surface area contributed by atoms with Crippen molar-refractivity contribution in [3.63, 3.8) is 0 Å². The summed E-state index contributed by atoms with van der Waals surface area (Å²) < 4.78 is 45.4. The van der Waals surface area contributed by atoms with Crippen molar-refractivity contribution in [1.29, 1.82) is 0 Å². The van der Waals surface area contributed by atoms with E-state index < -0.39 is 12.2 Å². The van der Waals surface area contributed by atoms with Crippen LogP contribution in [0.15, 0.2) is 57.9 Å². The zero-order chi connectivity index (χ0) is 27.7. The van der Waals surface area contributed by atoms with E-state index in [1.807, 2.05) is 0 Å². The molecule has 10 heteroatoms. The third kappa shape index (κ3) is 4.42. The molecule has 1 aliphatic heterocycles. The lowest BCUT2D eigenvalue weighted by molar-refractivity contribution is -0.0119. The molecule has 4 aromatic rings. The van der Waals surface area contributed by atoms with E-state index in [0.29, 0.717) is 56.6 Å². The van der Waals surface area contributed by atoms with Gasteiger partial charge in [0.05, 0.1) is 53.1 Å². The molecule has 0 spiro atoms. The standard InChI is InChI=1S/C29H28O10/c1-32-19-8-6-15(10-21(19)33-2)18-14-37-27-17(25(18)31)7-9-20-29(27)39-24(13-30)26(38-20)16-11-22(34-3)28(36-5)23(12-16)35-4/h6-12,14,24,26,30H,13H2,1-5H3/t24-,26-/m1/s1. The number of ether oxygens (including phenoxy) is 7. The Hall–Kier alpha value is -4.57. The molecule has 204 valence electrons. The maximum absolute atomic E-state index is 13.5. The summed E-state index contributed by atoms with van der Waals surface area (Å²) >= 11 is 0. The van der Waals surface area contributed by atoms with Crippen LogP contribution in [0.5, 0.6) is 40.2 Å². The Kier molecular flexibility index (Phi) is 7.12. The predicted molar refractivity (Wildman–Crippen MR) is 142 cm³/mol. The van der Waals surface area contributed by atoms with Gasteiger partial charge in [0, 0.05) is 5.56 Å². The van der Waals surface area contributed by atoms with Crippen molar-refractivity contribution in [2.24, 2.45) is 0 Å². The summed E-state index contributed by atoms with van der Waals surface area (Å²) in [4.78, 5) is 13.5. The first-order valence-electron chi connectivity index (χ1n) is 12.0. The summed E-state index contributed by atoms with van der Waals surface area (Å²) in [7, 11) is 7.61. The van der Waals surface area contributed by atoms with E-state index in [-0.39, 0.29) is 23.4 Å². The molecule has 1 N–H and O–H groups in total. The van der Waals surface area contributed by atoms with Crippen LogP contribution in [0.1, 0.15) is 11.7 Å². The van der Waals surface area contributed by atoms with Gasteiger partial charge in [-0.2, -0.15) is 0 Å². The minimum atomic E-state index is -0.818. The lowest BCUT2D eigenvalue weighted by atomic mass is 10.0. The lowest BCUT2D eigenvalue weighted by Gasteiger charge is -2.33. The number of hydrogen-bond donors (Lipinski definition) is 1. The van der Waals surface area contributed by atoms with Crippen LogP contribution in [0.25, 0.3) is 22.1 Å². The highest BCUT2D eigenvalue weighted by molar-refractivity contribution is 5.88. The Morgan fingerprint density at radius 2 is 1.49 bits per heavy atom. The third-order valence-electron chi connectivity index (χ3n) is 6.61. The quantitative estimate of drug-likeness (QED) is 0.348. The molecule has 0 saturated heterocycles. The van der Waals surface area contributed by atoms with Crippen molar-refractivity contribution < 1.29 is 42.7 Å². The van der Waals surface area contributed by atoms with Crippen LogP contribution >= 0.6 is 0 Å². The molecule has 10 nitrogen and oxygen atoms in total. The van der Waals surface area contributed by atoms with Gasteiger partial charge in [-0.3, -0.25) is 4.79 Å². The summed E-state index contributed by atoms with van der Waals surface area (Å²) in [6.45, 7) is -0.370. The molecular weight excluding hydrogens is 508 g/mol. The molecule has 0 aliphatic carbocycles. The second-order valence-corrected chi connectivity index (χ2v) is 8.65. The summed E-state index contributed by atoms with van der Waals surface area (Å²) in [6.07, 6.45) is -0.164. The van der Waals surface area contributed by atoms with Crippen molar-refractivity contribution in [3.8, 4) is 51.4 Å². The summed E-state index contributed by atoms with van der Waals surface area (Å²) in [6, 6.07) is 11.9. The van der Waals surface area contributed by atoms with E-state index in [1.54, 1.807) is 49.6 Å². The van der Waals surface area contributed by atoms with Gasteiger partial charge in [-0.15, -0.1) is 0 Å². The third-order valence-corrected chi connectivity index (χ3v) is 6.61. The van der Waals surface area contributed by atoms with Crippen molar-refractivity contribution in [3.05, 3.63) is 64.5 Å². The smallest absolute Gasteiger partial charge is 0.205 e. The monoisotopic (exact) mass is 536 g/mol. The number of methoxy groups -OCH3 is 5. The number of benzene rings is 3. The largest absolute Gasteiger partial charge is 0.493 e. The van der Waals surface area contributed by atoms with Crippen LogP contribution < -0.4 is 38.6 Å². The first-order valence-corrected chi connectivity index (χ1v) is 12.0. The van der Waals surface area contributed by atoms with E-state index in [9.17, 15) is 9.90 Å². The van der Waals surface area contributed by atoms with Gasteiger partial charge in [-0.1, -0.05) is 6.07 Å². The summed E-state index contributed by atoms with van der Waals surface area (Å²) in [5, 5.41) is 10.5. The summed E-state index contributed by atoms with van der Waals surface area (Å²) in [5.74, 6) is 2.91. The van der Waals surface area contributed by atoms with Gasteiger partial charge < -0.3 is 42.7 Å². The topological polar surface area (TPSA) is 115 Å². The van der Waals surface area contributed by atoms with Gasteiger partial charge in [0.25, 0.3) is 0 Å². The lowest BCUT2D eigenvalue weighted by Crippen LogP contribution is -2.36. The van der Waals surface area contributed by atoms with E-state index in [0.717, 1.165) is 0 Å². The van der Waals surface area contributed by atoms with Crippen molar-refractivity contribution in [1.82, 2.24) is 0 Å². The minimum Gasteiger partial charge on any atom is -0.493 e. The molecule has 1 aliphatic rings. The molecule has 0 fully saturated rings. The van der Waals surface area contributed by atoms with Gasteiger partial charge in [0.15, 0.2) is 46.5 Å². The molecule has 39 heavy (non-hydrogen) atoms. The van der Waals surface area contributed by atoms with Gasteiger partial charge in [0.2, 0.25) is 16.9 Å². The highest BCUT2D eigenvalue weighted by atomic mass is 16.6. The Morgan fingerprint density at radius 1 is 0.795 bits per heavy atom. The SMILES string of the molecule is COc1ccc(-c2coc3c4c(ccc3c2=O)O[C@H](c2cc(OC)c(OC)c(OC)c2)[C@@H](CO)O4)cc1OC. The van der Waals surface area contributed by atoms with E-state index in [4.69, 9.17) is 37.6 Å². The van der Waals surface area contributed by atoms with E-state index in [2.05, 4.69) is 0 Å². The first kappa shape index (κ1) is 26.1. The van der Waals surface area contributed by atoms with Crippen LogP contribution in [0, 0.1) is 0 Å². The second kappa shape index (κ2) is 10.7. The number of rotatable bonds is 8. The highest BCUT2D eigenvalue weighted by Gasteiger charge is 2.36. The molecule has 0 bridgehead atoms. The molecule has 2 atom stereocenters. The van der Waals surface area contributed by atoms with Crippen LogP contribution in [-0.4, -0.2) is 53.4 Å². The molecule has 0 radical (unpaired) electrons. The van der Waals surface area contributed by atoms with Crippen LogP contribution in [-0.2, 0) is 0 Å². The second-order valence-electron chi connectivity index (χ2n) is 8.65. The van der Waals surface area contributed by atoms with Gasteiger partial charge in [-0.05, 0) is 42.0 Å². The molecule has 5 rings (SSSR count). The van der Waals surface area contributed by atoms with Crippen LogP contribution in [0.4, 0.5) is 0 Å².